The third-order valence-corrected chi connectivity index (χ3v) is 1.36. The summed E-state index contributed by atoms with van der Waals surface area (Å²) in [6, 6.07) is 0. The van der Waals surface area contributed by atoms with Gasteiger partial charge in [0.2, 0.25) is 0 Å². The normalized spacial score (nSPS) is 12.9. The number of nitrogens with zero attached hydrogens (tertiary/aromatic N) is 1. The zero-order valence-corrected chi connectivity index (χ0v) is 6.94. The van der Waals surface area contributed by atoms with Gasteiger partial charge in [-0.1, -0.05) is 0 Å². The van der Waals surface area contributed by atoms with E-state index < -0.39 is 0 Å². The third kappa shape index (κ3) is 6.18. The van der Waals surface area contributed by atoms with Gasteiger partial charge in [-0.3, -0.25) is 0 Å². The topological polar surface area (TPSA) is 3.24 Å². The Morgan fingerprint density at radius 1 is 1.56 bits per heavy atom. The summed E-state index contributed by atoms with van der Waals surface area (Å²) in [5, 5.41) is 1.17. The molecule has 0 heterocycles. The van der Waals surface area contributed by atoms with Crippen molar-refractivity contribution in [2.75, 3.05) is 20.6 Å². The molecule has 0 atom stereocenters. The maximum atomic E-state index is 2.26. The predicted molar refractivity (Wildman–Crippen MR) is 42.9 cm³/mol. The number of likely N-dealkylation sites (N-methyl/N-ethyl adjacent to an activating group) is 1. The van der Waals surface area contributed by atoms with Crippen molar-refractivity contribution in [1.29, 1.82) is 0 Å². The van der Waals surface area contributed by atoms with Crippen LogP contribution in [0, 0.1) is 0 Å². The molecule has 9 heavy (non-hydrogen) atoms. The second-order valence-electron chi connectivity index (χ2n) is 2.67. The minimum atomic E-state index is 1.07. The van der Waals surface area contributed by atoms with E-state index in [1.54, 1.807) is 0 Å². The Bertz CT molecular complexity index is 97.1. The number of hydrogen-bond donors (Lipinski definition) is 0. The molecule has 0 fully saturated rings. The second kappa shape index (κ2) is 5.11. The molecule has 0 N–H and O–H groups in total. The van der Waals surface area contributed by atoms with Crippen LogP contribution in [0.25, 0.3) is 0 Å². The summed E-state index contributed by atoms with van der Waals surface area (Å²) in [5.41, 5.74) is 1.48. The fraction of sp³-hybridized carbons (Fsp3) is 0.714. The molecule has 0 spiro atoms. The van der Waals surface area contributed by atoms with Crippen molar-refractivity contribution in [3.05, 3.63) is 11.6 Å². The molecular formula is C7H14LiN. The van der Waals surface area contributed by atoms with Crippen LogP contribution in [0.2, 0.25) is 5.09 Å². The fourth-order valence-corrected chi connectivity index (χ4v) is 0.483. The Balaban J connectivity index is 3.43. The van der Waals surface area contributed by atoms with E-state index >= 15 is 0 Å². The van der Waals surface area contributed by atoms with E-state index in [2.05, 4.69) is 49.7 Å². The Morgan fingerprint density at radius 3 is 2.44 bits per heavy atom. The van der Waals surface area contributed by atoms with Crippen molar-refractivity contribution in [1.82, 2.24) is 4.90 Å². The van der Waals surface area contributed by atoms with Crippen LogP contribution in [0.5, 0.6) is 0 Å². The van der Waals surface area contributed by atoms with Gasteiger partial charge < -0.3 is 0 Å². The zero-order chi connectivity index (χ0) is 7.28. The molecule has 0 rings (SSSR count). The van der Waals surface area contributed by atoms with Gasteiger partial charge in [0, 0.05) is 0 Å². The number of rotatable bonds is 3. The summed E-state index contributed by atoms with van der Waals surface area (Å²) in [5.74, 6) is 0. The van der Waals surface area contributed by atoms with Gasteiger partial charge in [0.05, 0.1) is 0 Å². The Hall–Kier alpha value is 0.297. The van der Waals surface area contributed by atoms with Gasteiger partial charge >= 0.3 is 66.9 Å². The van der Waals surface area contributed by atoms with E-state index in [-0.39, 0.29) is 0 Å². The number of hydrogen-bond acceptors (Lipinski definition) is 1. The molecule has 0 aromatic carbocycles. The Labute approximate surface area is 67.3 Å². The minimum absolute atomic E-state index is 1.07. The van der Waals surface area contributed by atoms with Crippen molar-refractivity contribution >= 4 is 17.7 Å². The predicted octanol–water partition coefficient (Wildman–Crippen LogP) is 1.08. The first-order valence-corrected chi connectivity index (χ1v) is 3.47. The average Bonchev–Trinajstić information content (AvgIpc) is 1.83. The van der Waals surface area contributed by atoms with Crippen molar-refractivity contribution in [2.45, 2.75) is 12.0 Å². The molecule has 0 aliphatic rings. The SMILES string of the molecule is [Li][CH2]C(C)=CCN(C)C. The molecule has 2 heteroatoms. The Morgan fingerprint density at radius 2 is 2.11 bits per heavy atom. The molecule has 0 aliphatic carbocycles. The molecule has 0 amide bonds. The van der Waals surface area contributed by atoms with Crippen LogP contribution in [0.15, 0.2) is 11.6 Å². The van der Waals surface area contributed by atoms with Gasteiger partial charge in [-0.2, -0.15) is 0 Å². The summed E-state index contributed by atoms with van der Waals surface area (Å²) in [6.45, 7) is 3.24. The molecular weight excluding hydrogens is 105 g/mol. The molecule has 0 radical (unpaired) electrons. The van der Waals surface area contributed by atoms with Crippen molar-refractivity contribution < 1.29 is 0 Å². The Kier molecular flexibility index (Phi) is 5.28. The fourth-order valence-electron chi connectivity index (χ4n) is 0.483. The standard InChI is InChI=1S/C7H14N.Li/c1-7(2)5-6-8(3)4;/h5H,1,6H2,2-4H3;. The van der Waals surface area contributed by atoms with E-state index in [1.807, 2.05) is 0 Å². The van der Waals surface area contributed by atoms with Gasteiger partial charge in [-0.05, 0) is 0 Å². The van der Waals surface area contributed by atoms with E-state index in [4.69, 9.17) is 0 Å². The first-order valence-electron chi connectivity index (χ1n) is 3.47. The summed E-state index contributed by atoms with van der Waals surface area (Å²) in [6.07, 6.45) is 2.26. The molecule has 1 nitrogen and oxygen atoms in total. The third-order valence-electron chi connectivity index (χ3n) is 1.36. The second-order valence-corrected chi connectivity index (χ2v) is 2.67. The molecule has 0 aromatic rings. The molecule has 0 bridgehead atoms. The van der Waals surface area contributed by atoms with E-state index in [0.717, 1.165) is 6.54 Å². The molecule has 0 unspecified atom stereocenters. The first kappa shape index (κ1) is 9.30. The van der Waals surface area contributed by atoms with Gasteiger partial charge in [0.15, 0.2) is 0 Å². The summed E-state index contributed by atoms with van der Waals surface area (Å²) in [7, 11) is 4.17. The maximum absolute atomic E-state index is 2.26. The van der Waals surface area contributed by atoms with Crippen LogP contribution in [0.3, 0.4) is 0 Å². The average molecular weight is 119 g/mol. The molecule has 0 saturated heterocycles. The van der Waals surface area contributed by atoms with Crippen molar-refractivity contribution in [2.24, 2.45) is 0 Å². The van der Waals surface area contributed by atoms with Crippen LogP contribution in [-0.4, -0.2) is 43.3 Å². The van der Waals surface area contributed by atoms with Crippen LogP contribution in [-0.2, 0) is 0 Å². The van der Waals surface area contributed by atoms with Gasteiger partial charge in [-0.25, -0.2) is 0 Å². The molecule has 48 valence electrons. The van der Waals surface area contributed by atoms with Crippen LogP contribution in [0.1, 0.15) is 6.92 Å². The van der Waals surface area contributed by atoms with Crippen molar-refractivity contribution in [3.8, 4) is 0 Å². The monoisotopic (exact) mass is 119 g/mol. The van der Waals surface area contributed by atoms with Crippen LogP contribution in [0.4, 0.5) is 0 Å². The van der Waals surface area contributed by atoms with Gasteiger partial charge in [-0.15, -0.1) is 0 Å². The molecule has 0 aromatic heterocycles. The first-order chi connectivity index (χ1) is 4.16. The zero-order valence-electron chi connectivity index (χ0n) is 6.94. The van der Waals surface area contributed by atoms with E-state index in [1.165, 1.54) is 10.7 Å². The molecule has 0 aliphatic heterocycles. The van der Waals surface area contributed by atoms with E-state index in [9.17, 15) is 0 Å². The summed E-state index contributed by atoms with van der Waals surface area (Å²) >= 11 is 2.18. The quantitative estimate of drug-likeness (QED) is 0.397. The van der Waals surface area contributed by atoms with Gasteiger partial charge in [0.25, 0.3) is 0 Å². The van der Waals surface area contributed by atoms with Crippen molar-refractivity contribution in [3.63, 3.8) is 0 Å². The molecule has 0 saturated carbocycles. The summed E-state index contributed by atoms with van der Waals surface area (Å²) in [4.78, 5) is 2.17. The van der Waals surface area contributed by atoms with Crippen LogP contribution < -0.4 is 0 Å². The number of allylic oxidation sites excluding steroid dienone is 1. The van der Waals surface area contributed by atoms with E-state index in [0.29, 0.717) is 0 Å². The van der Waals surface area contributed by atoms with Crippen LogP contribution >= 0.6 is 0 Å². The summed E-state index contributed by atoms with van der Waals surface area (Å²) < 4.78 is 0. The van der Waals surface area contributed by atoms with Gasteiger partial charge in [0.1, 0.15) is 0 Å².